The van der Waals surface area contributed by atoms with Gasteiger partial charge in [0, 0.05) is 37.3 Å². The van der Waals surface area contributed by atoms with Crippen molar-refractivity contribution in [3.05, 3.63) is 36.0 Å². The first-order valence-electron chi connectivity index (χ1n) is 6.86. The first-order valence-corrected chi connectivity index (χ1v) is 6.86. The molecule has 0 saturated carbocycles. The smallest absolute Gasteiger partial charge is 0.228 e. The molecule has 2 aromatic rings. The summed E-state index contributed by atoms with van der Waals surface area (Å²) in [6.45, 7) is 3.30. The van der Waals surface area contributed by atoms with Crippen LogP contribution in [0.15, 0.2) is 30.3 Å². The highest BCUT2D eigenvalue weighted by molar-refractivity contribution is 5.83. The summed E-state index contributed by atoms with van der Waals surface area (Å²) < 4.78 is 0. The van der Waals surface area contributed by atoms with Crippen molar-refractivity contribution in [2.75, 3.05) is 31.9 Å². The number of nitrogen functional groups attached to an aromatic ring is 1. The third-order valence-corrected chi connectivity index (χ3v) is 3.57. The molecule has 3 rings (SSSR count). The van der Waals surface area contributed by atoms with E-state index in [1.807, 2.05) is 35.2 Å². The molecular formula is C15H18N4O. The highest BCUT2D eigenvalue weighted by Crippen LogP contribution is 2.16. The van der Waals surface area contributed by atoms with Gasteiger partial charge < -0.3 is 16.0 Å². The highest BCUT2D eigenvalue weighted by Gasteiger charge is 2.16. The SMILES string of the molecule is Nc1ccc2nc(CC(=O)N3CCNCC3)ccc2c1. The van der Waals surface area contributed by atoms with Gasteiger partial charge in [-0.15, -0.1) is 0 Å². The van der Waals surface area contributed by atoms with Gasteiger partial charge >= 0.3 is 0 Å². The van der Waals surface area contributed by atoms with Crippen molar-refractivity contribution >= 4 is 22.5 Å². The molecule has 0 spiro atoms. The van der Waals surface area contributed by atoms with Crippen molar-refractivity contribution in [3.63, 3.8) is 0 Å². The fourth-order valence-electron chi connectivity index (χ4n) is 2.47. The van der Waals surface area contributed by atoms with Crippen LogP contribution in [0.4, 0.5) is 5.69 Å². The number of aromatic nitrogens is 1. The molecule has 0 unspecified atom stereocenters. The van der Waals surface area contributed by atoms with Gasteiger partial charge in [-0.2, -0.15) is 0 Å². The zero-order valence-electron chi connectivity index (χ0n) is 11.3. The summed E-state index contributed by atoms with van der Waals surface area (Å²) in [6.07, 6.45) is 0.361. The molecule has 5 heteroatoms. The second kappa shape index (κ2) is 5.46. The molecule has 1 amide bonds. The topological polar surface area (TPSA) is 71.2 Å². The summed E-state index contributed by atoms with van der Waals surface area (Å²) in [6, 6.07) is 9.49. The Bertz CT molecular complexity index is 635. The van der Waals surface area contributed by atoms with Gasteiger partial charge in [-0.3, -0.25) is 9.78 Å². The van der Waals surface area contributed by atoms with E-state index in [-0.39, 0.29) is 5.91 Å². The molecule has 0 aliphatic carbocycles. The number of anilines is 1. The third kappa shape index (κ3) is 2.72. The number of hydrogen-bond donors (Lipinski definition) is 2. The Morgan fingerprint density at radius 1 is 1.25 bits per heavy atom. The number of fused-ring (bicyclic) bond motifs is 1. The van der Waals surface area contributed by atoms with Crippen molar-refractivity contribution in [2.45, 2.75) is 6.42 Å². The lowest BCUT2D eigenvalue weighted by molar-refractivity contribution is -0.131. The molecule has 0 radical (unpaired) electrons. The predicted octanol–water partition coefficient (Wildman–Crippen LogP) is 0.791. The lowest BCUT2D eigenvalue weighted by Crippen LogP contribution is -2.47. The minimum Gasteiger partial charge on any atom is -0.399 e. The first kappa shape index (κ1) is 12.9. The average molecular weight is 270 g/mol. The molecule has 5 nitrogen and oxygen atoms in total. The molecule has 1 aromatic heterocycles. The second-order valence-corrected chi connectivity index (χ2v) is 5.06. The Balaban J connectivity index is 1.76. The largest absolute Gasteiger partial charge is 0.399 e. The van der Waals surface area contributed by atoms with Gasteiger partial charge in [0.15, 0.2) is 0 Å². The molecular weight excluding hydrogens is 252 g/mol. The van der Waals surface area contributed by atoms with Gasteiger partial charge in [-0.1, -0.05) is 6.07 Å². The molecule has 20 heavy (non-hydrogen) atoms. The minimum absolute atomic E-state index is 0.147. The molecule has 1 aliphatic heterocycles. The maximum Gasteiger partial charge on any atom is 0.228 e. The van der Waals surface area contributed by atoms with Crippen LogP contribution < -0.4 is 11.1 Å². The van der Waals surface area contributed by atoms with Gasteiger partial charge in [0.25, 0.3) is 0 Å². The normalized spacial score (nSPS) is 15.5. The average Bonchev–Trinajstić information content (AvgIpc) is 2.48. The summed E-state index contributed by atoms with van der Waals surface area (Å²) in [5.41, 5.74) is 8.16. The van der Waals surface area contributed by atoms with E-state index >= 15 is 0 Å². The molecule has 1 saturated heterocycles. The lowest BCUT2D eigenvalue weighted by Gasteiger charge is -2.27. The fraction of sp³-hybridized carbons (Fsp3) is 0.333. The number of nitrogens with one attached hydrogen (secondary N) is 1. The molecule has 0 atom stereocenters. The van der Waals surface area contributed by atoms with Crippen LogP contribution >= 0.6 is 0 Å². The van der Waals surface area contributed by atoms with Gasteiger partial charge in [-0.05, 0) is 24.3 Å². The highest BCUT2D eigenvalue weighted by atomic mass is 16.2. The van der Waals surface area contributed by atoms with Crippen molar-refractivity contribution < 1.29 is 4.79 Å². The Morgan fingerprint density at radius 2 is 2.05 bits per heavy atom. The Kier molecular flexibility index (Phi) is 3.52. The van der Waals surface area contributed by atoms with Crippen molar-refractivity contribution in [1.29, 1.82) is 0 Å². The zero-order chi connectivity index (χ0) is 13.9. The number of carbonyl (C=O) groups is 1. The summed E-state index contributed by atoms with van der Waals surface area (Å²) in [4.78, 5) is 18.6. The van der Waals surface area contributed by atoms with Crippen molar-refractivity contribution in [3.8, 4) is 0 Å². The van der Waals surface area contributed by atoms with Crippen LogP contribution in [0.25, 0.3) is 10.9 Å². The number of carbonyl (C=O) groups excluding carboxylic acids is 1. The van der Waals surface area contributed by atoms with Crippen LogP contribution in [-0.2, 0) is 11.2 Å². The van der Waals surface area contributed by atoms with E-state index in [4.69, 9.17) is 5.73 Å². The van der Waals surface area contributed by atoms with E-state index in [1.54, 1.807) is 0 Å². The number of piperazine rings is 1. The molecule has 2 heterocycles. The Morgan fingerprint density at radius 3 is 2.85 bits per heavy atom. The van der Waals surface area contributed by atoms with Crippen LogP contribution in [-0.4, -0.2) is 42.0 Å². The van der Waals surface area contributed by atoms with Crippen molar-refractivity contribution in [2.24, 2.45) is 0 Å². The van der Waals surface area contributed by atoms with E-state index in [1.165, 1.54) is 0 Å². The predicted molar refractivity (Wildman–Crippen MR) is 79.3 cm³/mol. The maximum atomic E-state index is 12.2. The molecule has 1 fully saturated rings. The number of amides is 1. The summed E-state index contributed by atoms with van der Waals surface area (Å²) in [5.74, 6) is 0.147. The van der Waals surface area contributed by atoms with E-state index in [0.717, 1.165) is 48.5 Å². The molecule has 0 bridgehead atoms. The molecule has 3 N–H and O–H groups in total. The van der Waals surface area contributed by atoms with Crippen molar-refractivity contribution in [1.82, 2.24) is 15.2 Å². The number of nitrogens with zero attached hydrogens (tertiary/aromatic N) is 2. The number of pyridine rings is 1. The van der Waals surface area contributed by atoms with Crippen LogP contribution in [0.5, 0.6) is 0 Å². The van der Waals surface area contributed by atoms with E-state index in [9.17, 15) is 4.79 Å². The van der Waals surface area contributed by atoms with Crippen LogP contribution in [0, 0.1) is 0 Å². The Labute approximate surface area is 117 Å². The number of nitrogens with two attached hydrogens (primary N) is 1. The number of rotatable bonds is 2. The quantitative estimate of drug-likeness (QED) is 0.792. The second-order valence-electron chi connectivity index (χ2n) is 5.06. The maximum absolute atomic E-state index is 12.2. The van der Waals surface area contributed by atoms with Crippen LogP contribution in [0.1, 0.15) is 5.69 Å². The molecule has 104 valence electrons. The Hall–Kier alpha value is -2.14. The summed E-state index contributed by atoms with van der Waals surface area (Å²) in [7, 11) is 0. The third-order valence-electron chi connectivity index (χ3n) is 3.57. The zero-order valence-corrected chi connectivity index (χ0v) is 11.3. The first-order chi connectivity index (χ1) is 9.72. The van der Waals surface area contributed by atoms with Crippen LogP contribution in [0.2, 0.25) is 0 Å². The lowest BCUT2D eigenvalue weighted by atomic mass is 10.1. The standard InChI is InChI=1S/C15H18N4O/c16-12-2-4-14-11(9-12)1-3-13(18-14)10-15(20)19-7-5-17-6-8-19/h1-4,9,17H,5-8,10,16H2. The van der Waals surface area contributed by atoms with Gasteiger partial charge in [0.05, 0.1) is 17.6 Å². The van der Waals surface area contributed by atoms with E-state index < -0.39 is 0 Å². The van der Waals surface area contributed by atoms with Gasteiger partial charge in [0.2, 0.25) is 5.91 Å². The molecule has 1 aromatic carbocycles. The van der Waals surface area contributed by atoms with E-state index in [0.29, 0.717) is 6.42 Å². The number of hydrogen-bond acceptors (Lipinski definition) is 4. The van der Waals surface area contributed by atoms with Gasteiger partial charge in [0.1, 0.15) is 0 Å². The molecule has 1 aliphatic rings. The number of benzene rings is 1. The monoisotopic (exact) mass is 270 g/mol. The van der Waals surface area contributed by atoms with Gasteiger partial charge in [-0.25, -0.2) is 0 Å². The minimum atomic E-state index is 0.147. The van der Waals surface area contributed by atoms with Crippen LogP contribution in [0.3, 0.4) is 0 Å². The van der Waals surface area contributed by atoms with E-state index in [2.05, 4.69) is 10.3 Å². The summed E-state index contributed by atoms with van der Waals surface area (Å²) >= 11 is 0. The summed E-state index contributed by atoms with van der Waals surface area (Å²) in [5, 5.41) is 4.24. The fourth-order valence-corrected chi connectivity index (χ4v) is 2.47.